The number of nitrogens with zero attached hydrogens (tertiary/aromatic N) is 2. The second-order valence-electron chi connectivity index (χ2n) is 9.24. The predicted molar refractivity (Wildman–Crippen MR) is 154 cm³/mol. The Labute approximate surface area is 253 Å². The van der Waals surface area contributed by atoms with Crippen molar-refractivity contribution in [1.29, 1.82) is 0 Å². The van der Waals surface area contributed by atoms with Crippen LogP contribution in [0.1, 0.15) is 0 Å². The summed E-state index contributed by atoms with van der Waals surface area (Å²) in [7, 11) is 0. The van der Waals surface area contributed by atoms with Gasteiger partial charge in [0.2, 0.25) is 11.8 Å². The Balaban J connectivity index is 0.00000288. The van der Waals surface area contributed by atoms with Gasteiger partial charge in [0.05, 0.1) is 0 Å². The van der Waals surface area contributed by atoms with Crippen molar-refractivity contribution < 1.29 is 44.1 Å². The molecular weight excluding hydrogens is 711 g/mol. The van der Waals surface area contributed by atoms with Crippen molar-refractivity contribution in [2.24, 2.45) is 0 Å². The van der Waals surface area contributed by atoms with Gasteiger partial charge in [-0.25, -0.2) is 9.97 Å². The molecule has 8 aromatic rings. The molecule has 0 saturated heterocycles. The van der Waals surface area contributed by atoms with Crippen molar-refractivity contribution in [2.75, 3.05) is 0 Å². The summed E-state index contributed by atoms with van der Waals surface area (Å²) in [4.78, 5) is 8.62. The molecule has 0 amide bonds. The molecule has 0 saturated carbocycles. The van der Waals surface area contributed by atoms with Crippen LogP contribution >= 0.6 is 0 Å². The van der Waals surface area contributed by atoms with Crippen molar-refractivity contribution in [3.05, 3.63) is 122 Å². The van der Waals surface area contributed by atoms with Gasteiger partial charge < -0.3 is 23.0 Å². The maximum Gasteiger partial charge on any atom is 2.00 e. The maximum absolute atomic E-state index is 6.31. The second kappa shape index (κ2) is 10.7. The van der Waals surface area contributed by atoms with Crippen LogP contribution in [0.25, 0.3) is 43.9 Å². The predicted octanol–water partition coefficient (Wildman–Crippen LogP) is 9.25. The van der Waals surface area contributed by atoms with E-state index in [1.807, 2.05) is 72.8 Å². The van der Waals surface area contributed by atoms with Crippen LogP contribution in [0.4, 0.5) is 0 Å². The van der Waals surface area contributed by atoms with E-state index in [0.717, 1.165) is 32.7 Å². The number of hydrogen-bond donors (Lipinski definition) is 0. The molecule has 7 nitrogen and oxygen atoms in total. The van der Waals surface area contributed by atoms with Crippen LogP contribution in [-0.2, 0) is 21.1 Å². The summed E-state index contributed by atoms with van der Waals surface area (Å²) >= 11 is 0. The standard InChI is InChI=1S/C34H18N2O5.Pt/c1-3-11-25-23(9-1)33-27(38-25)17-21(19-29(33)40-31-13-5-7-15-35-31)37-22-18-28-34(24-10-2-4-12-26(24)39-28)30(20-22)41-32-14-6-8-16-36-32;/h1-18H;/q-2;+2. The van der Waals surface area contributed by atoms with Crippen molar-refractivity contribution in [1.82, 2.24) is 9.97 Å². The first-order valence-corrected chi connectivity index (χ1v) is 12.9. The number of fused-ring (bicyclic) bond motifs is 6. The normalized spacial score (nSPS) is 11.1. The number of para-hydroxylation sites is 2. The van der Waals surface area contributed by atoms with Gasteiger partial charge in [-0.2, -0.15) is 0 Å². The zero-order chi connectivity index (χ0) is 27.2. The minimum Gasteiger partial charge on any atom is -0.509 e. The summed E-state index contributed by atoms with van der Waals surface area (Å²) in [6.07, 6.45) is 3.34. The SMILES string of the molecule is [Pt+2].[c-]1c(Oc2[c-]c(Oc3ccccn3)c3c(c2)oc2ccccc23)cc2oc3ccccc3c2c1Oc1ccccn1. The van der Waals surface area contributed by atoms with E-state index < -0.39 is 0 Å². The van der Waals surface area contributed by atoms with E-state index in [1.165, 1.54) is 0 Å². The Bertz CT molecular complexity index is 2040. The first-order chi connectivity index (χ1) is 20.3. The van der Waals surface area contributed by atoms with Gasteiger partial charge in [0, 0.05) is 58.7 Å². The Hall–Kier alpha value is -5.13. The smallest absolute Gasteiger partial charge is 0.509 e. The third kappa shape index (κ3) is 4.64. The van der Waals surface area contributed by atoms with Crippen LogP contribution in [0, 0.1) is 12.1 Å². The summed E-state index contributed by atoms with van der Waals surface area (Å²) in [6.45, 7) is 0. The van der Waals surface area contributed by atoms with Crippen molar-refractivity contribution in [3.8, 4) is 34.8 Å². The van der Waals surface area contributed by atoms with Crippen molar-refractivity contribution in [3.63, 3.8) is 0 Å². The third-order valence-electron chi connectivity index (χ3n) is 6.61. The molecule has 204 valence electrons. The molecule has 0 spiro atoms. The van der Waals surface area contributed by atoms with Gasteiger partial charge in [0.25, 0.3) is 0 Å². The zero-order valence-corrected chi connectivity index (χ0v) is 23.9. The molecule has 0 atom stereocenters. The largest absolute Gasteiger partial charge is 2.00 e. The Morgan fingerprint density at radius 1 is 0.500 bits per heavy atom. The average molecular weight is 730 g/mol. The zero-order valence-electron chi connectivity index (χ0n) is 21.6. The monoisotopic (exact) mass is 729 g/mol. The van der Waals surface area contributed by atoms with Gasteiger partial charge in [-0.05, 0) is 45.8 Å². The molecule has 0 aliphatic heterocycles. The summed E-state index contributed by atoms with van der Waals surface area (Å²) in [5, 5.41) is 3.35. The Kier molecular flexibility index (Phi) is 6.57. The molecule has 0 aliphatic carbocycles. The number of aromatic nitrogens is 2. The number of rotatable bonds is 6. The van der Waals surface area contributed by atoms with Crippen molar-refractivity contribution in [2.45, 2.75) is 0 Å². The summed E-state index contributed by atoms with van der Waals surface area (Å²) in [5.74, 6) is 2.42. The maximum atomic E-state index is 6.31. The molecule has 0 fully saturated rings. The summed E-state index contributed by atoms with van der Waals surface area (Å²) < 4.78 is 31.0. The fraction of sp³-hybridized carbons (Fsp3) is 0. The van der Waals surface area contributed by atoms with Gasteiger partial charge in [0.15, 0.2) is 0 Å². The van der Waals surface area contributed by atoms with E-state index in [4.69, 9.17) is 23.0 Å². The summed E-state index contributed by atoms with van der Waals surface area (Å²) in [5.41, 5.74) is 2.61. The van der Waals surface area contributed by atoms with Gasteiger partial charge in [-0.15, -0.1) is 0 Å². The molecule has 0 unspecified atom stereocenters. The van der Waals surface area contributed by atoms with E-state index in [0.29, 0.717) is 45.9 Å². The molecule has 0 bridgehead atoms. The van der Waals surface area contributed by atoms with Gasteiger partial charge in [-0.1, -0.05) is 72.8 Å². The topological polar surface area (TPSA) is 79.8 Å². The van der Waals surface area contributed by atoms with Crippen LogP contribution in [0.2, 0.25) is 0 Å². The van der Waals surface area contributed by atoms with Crippen LogP contribution in [0.5, 0.6) is 34.8 Å². The molecule has 42 heavy (non-hydrogen) atoms. The number of benzene rings is 4. The van der Waals surface area contributed by atoms with Crippen LogP contribution in [0.15, 0.2) is 118 Å². The fourth-order valence-electron chi connectivity index (χ4n) is 4.87. The molecule has 0 aliphatic rings. The van der Waals surface area contributed by atoms with Crippen LogP contribution < -0.4 is 14.2 Å². The Morgan fingerprint density at radius 3 is 1.40 bits per heavy atom. The number of ether oxygens (including phenoxy) is 3. The molecular formula is C34H18N2O5Pt. The molecule has 4 heterocycles. The fourth-order valence-corrected chi connectivity index (χ4v) is 4.87. The number of furan rings is 2. The van der Waals surface area contributed by atoms with Crippen LogP contribution in [-0.4, -0.2) is 9.97 Å². The van der Waals surface area contributed by atoms with Crippen LogP contribution in [0.3, 0.4) is 0 Å². The molecule has 4 aromatic heterocycles. The van der Waals surface area contributed by atoms with E-state index in [2.05, 4.69) is 22.1 Å². The van der Waals surface area contributed by atoms with Gasteiger partial charge in [-0.3, -0.25) is 0 Å². The quantitative estimate of drug-likeness (QED) is 0.158. The third-order valence-corrected chi connectivity index (χ3v) is 6.61. The number of pyridine rings is 2. The molecule has 0 radical (unpaired) electrons. The first kappa shape index (κ1) is 25.8. The molecule has 0 N–H and O–H groups in total. The second-order valence-corrected chi connectivity index (χ2v) is 9.24. The van der Waals surface area contributed by atoms with E-state index in [-0.39, 0.29) is 21.1 Å². The van der Waals surface area contributed by atoms with E-state index in [1.54, 1.807) is 36.7 Å². The first-order valence-electron chi connectivity index (χ1n) is 12.9. The molecule has 4 aromatic carbocycles. The molecule has 8 heteroatoms. The van der Waals surface area contributed by atoms with Gasteiger partial charge >= 0.3 is 21.1 Å². The number of hydrogen-bond acceptors (Lipinski definition) is 7. The van der Waals surface area contributed by atoms with E-state index in [9.17, 15) is 0 Å². The van der Waals surface area contributed by atoms with E-state index >= 15 is 0 Å². The van der Waals surface area contributed by atoms with Crippen molar-refractivity contribution >= 4 is 43.9 Å². The minimum absolute atomic E-state index is 0. The van der Waals surface area contributed by atoms with Gasteiger partial charge in [0.1, 0.15) is 11.2 Å². The average Bonchev–Trinajstić information content (AvgIpc) is 3.56. The Morgan fingerprint density at radius 2 is 0.952 bits per heavy atom. The molecule has 8 rings (SSSR count). The summed E-state index contributed by atoms with van der Waals surface area (Å²) in [6, 6.07) is 36.5. The minimum atomic E-state index is 0.